The van der Waals surface area contributed by atoms with Gasteiger partial charge >= 0.3 is 0 Å². The average molecular weight is 331 g/mol. The molecule has 1 saturated heterocycles. The van der Waals surface area contributed by atoms with Crippen molar-refractivity contribution in [1.29, 1.82) is 0 Å². The van der Waals surface area contributed by atoms with Crippen LogP contribution >= 0.6 is 0 Å². The van der Waals surface area contributed by atoms with Crippen molar-refractivity contribution < 1.29 is 9.59 Å². The third kappa shape index (κ3) is 4.21. The normalized spacial score (nSPS) is 19.7. The second kappa shape index (κ2) is 8.08. The summed E-state index contributed by atoms with van der Waals surface area (Å²) in [5.74, 6) is 0.533. The fourth-order valence-electron chi connectivity index (χ4n) is 3.33. The van der Waals surface area contributed by atoms with Crippen LogP contribution in [-0.2, 0) is 4.79 Å². The Morgan fingerprint density at radius 2 is 1.67 bits per heavy atom. The summed E-state index contributed by atoms with van der Waals surface area (Å²) in [6.07, 6.45) is 11.5. The molecular weight excluding hydrogens is 306 g/mol. The fraction of sp³-hybridized carbons (Fsp3) is 0.647. The lowest BCUT2D eigenvalue weighted by Crippen LogP contribution is -2.48. The molecule has 2 fully saturated rings. The molecule has 2 amide bonds. The van der Waals surface area contributed by atoms with Crippen LogP contribution in [0.15, 0.2) is 12.4 Å². The van der Waals surface area contributed by atoms with Crippen LogP contribution in [0.4, 0.5) is 5.95 Å². The first-order valence-electron chi connectivity index (χ1n) is 8.83. The van der Waals surface area contributed by atoms with Crippen LogP contribution in [0, 0.1) is 0 Å². The lowest BCUT2D eigenvalue weighted by molar-refractivity contribution is -0.119. The third-order valence-electron chi connectivity index (χ3n) is 4.84. The van der Waals surface area contributed by atoms with Gasteiger partial charge in [-0.15, -0.1) is 0 Å². The number of hydrogen-bond donors (Lipinski definition) is 1. The van der Waals surface area contributed by atoms with Gasteiger partial charge in [-0.3, -0.25) is 9.59 Å². The van der Waals surface area contributed by atoms with E-state index in [9.17, 15) is 9.59 Å². The molecule has 0 unspecified atom stereocenters. The number of piperazine rings is 1. The van der Waals surface area contributed by atoms with Gasteiger partial charge in [-0.05, 0) is 12.8 Å². The zero-order valence-corrected chi connectivity index (χ0v) is 14.0. The predicted octanol–water partition coefficient (Wildman–Crippen LogP) is 1.53. The van der Waals surface area contributed by atoms with Crippen LogP contribution in [0.1, 0.15) is 48.9 Å². The fourth-order valence-corrected chi connectivity index (χ4v) is 3.33. The Hall–Kier alpha value is -2.18. The summed E-state index contributed by atoms with van der Waals surface area (Å²) in [6, 6.07) is 0.436. The van der Waals surface area contributed by atoms with E-state index in [1.165, 1.54) is 25.7 Å². The number of aromatic nitrogens is 2. The molecule has 1 aromatic rings. The highest BCUT2D eigenvalue weighted by molar-refractivity contribution is 5.93. The maximum atomic E-state index is 12.5. The van der Waals surface area contributed by atoms with Crippen molar-refractivity contribution in [2.75, 3.05) is 31.5 Å². The maximum Gasteiger partial charge on any atom is 0.257 e. The van der Waals surface area contributed by atoms with E-state index in [1.54, 1.807) is 22.2 Å². The first-order chi connectivity index (χ1) is 11.8. The molecule has 0 bridgehead atoms. The van der Waals surface area contributed by atoms with Crippen molar-refractivity contribution in [3.63, 3.8) is 0 Å². The zero-order valence-electron chi connectivity index (χ0n) is 14.0. The number of nitrogens with one attached hydrogen (secondary N) is 1. The number of rotatable bonds is 4. The standard InChI is InChI=1S/C17H25N5O2/c23-13-21-7-9-22(10-8-21)16(24)14-11-18-17(19-12-14)20-15-5-3-1-2-4-6-15/h11-13,15H,1-10H2,(H,18,19,20). The molecule has 2 aliphatic rings. The molecule has 130 valence electrons. The second-order valence-electron chi connectivity index (χ2n) is 6.56. The van der Waals surface area contributed by atoms with Crippen LogP contribution < -0.4 is 5.32 Å². The molecule has 3 rings (SSSR count). The molecule has 0 radical (unpaired) electrons. The van der Waals surface area contributed by atoms with Crippen LogP contribution in [-0.4, -0.2) is 64.3 Å². The Bertz CT molecular complexity index is 547. The first kappa shape index (κ1) is 16.7. The number of carbonyl (C=O) groups is 2. The summed E-state index contributed by atoms with van der Waals surface area (Å²) in [6.45, 7) is 2.27. The van der Waals surface area contributed by atoms with Crippen molar-refractivity contribution in [2.24, 2.45) is 0 Å². The SMILES string of the molecule is O=CN1CCN(C(=O)c2cnc(NC3CCCCCC3)nc2)CC1. The van der Waals surface area contributed by atoms with E-state index in [1.807, 2.05) is 0 Å². The molecule has 0 atom stereocenters. The van der Waals surface area contributed by atoms with E-state index in [0.29, 0.717) is 43.7 Å². The lowest BCUT2D eigenvalue weighted by atomic mass is 10.1. The van der Waals surface area contributed by atoms with Crippen molar-refractivity contribution in [2.45, 2.75) is 44.6 Å². The van der Waals surface area contributed by atoms with E-state index < -0.39 is 0 Å². The minimum Gasteiger partial charge on any atom is -0.351 e. The zero-order chi connectivity index (χ0) is 16.8. The molecule has 0 spiro atoms. The quantitative estimate of drug-likeness (QED) is 0.668. The largest absolute Gasteiger partial charge is 0.351 e. The Morgan fingerprint density at radius 3 is 2.25 bits per heavy atom. The Kier molecular flexibility index (Phi) is 5.61. The van der Waals surface area contributed by atoms with E-state index in [-0.39, 0.29) is 5.91 Å². The van der Waals surface area contributed by atoms with Gasteiger partial charge in [0.1, 0.15) is 0 Å². The van der Waals surface area contributed by atoms with Crippen molar-refractivity contribution in [1.82, 2.24) is 19.8 Å². The molecule has 2 heterocycles. The molecular formula is C17H25N5O2. The summed E-state index contributed by atoms with van der Waals surface area (Å²) < 4.78 is 0. The Balaban J connectivity index is 1.55. The number of hydrogen-bond acceptors (Lipinski definition) is 5. The summed E-state index contributed by atoms with van der Waals surface area (Å²) >= 11 is 0. The van der Waals surface area contributed by atoms with Crippen LogP contribution in [0.3, 0.4) is 0 Å². The van der Waals surface area contributed by atoms with Gasteiger partial charge in [0.05, 0.1) is 5.56 Å². The summed E-state index contributed by atoms with van der Waals surface area (Å²) in [7, 11) is 0. The van der Waals surface area contributed by atoms with Crippen LogP contribution in [0.5, 0.6) is 0 Å². The van der Waals surface area contributed by atoms with Crippen molar-refractivity contribution >= 4 is 18.3 Å². The molecule has 0 aromatic carbocycles. The van der Waals surface area contributed by atoms with Gasteiger partial charge < -0.3 is 15.1 Å². The van der Waals surface area contributed by atoms with Gasteiger partial charge in [0.25, 0.3) is 5.91 Å². The molecule has 7 heteroatoms. The van der Waals surface area contributed by atoms with Gasteiger partial charge in [0.15, 0.2) is 0 Å². The number of amides is 2. The van der Waals surface area contributed by atoms with E-state index in [0.717, 1.165) is 19.3 Å². The molecule has 7 nitrogen and oxygen atoms in total. The molecule has 1 saturated carbocycles. The molecule has 24 heavy (non-hydrogen) atoms. The molecule has 1 aliphatic carbocycles. The Morgan fingerprint density at radius 1 is 1.04 bits per heavy atom. The monoisotopic (exact) mass is 331 g/mol. The summed E-state index contributed by atoms with van der Waals surface area (Å²) in [5, 5.41) is 3.39. The minimum absolute atomic E-state index is 0.0680. The van der Waals surface area contributed by atoms with Crippen LogP contribution in [0.2, 0.25) is 0 Å². The van der Waals surface area contributed by atoms with Gasteiger partial charge in [-0.2, -0.15) is 0 Å². The average Bonchev–Trinajstić information content (AvgIpc) is 2.90. The van der Waals surface area contributed by atoms with Crippen molar-refractivity contribution in [3.8, 4) is 0 Å². The molecule has 1 aromatic heterocycles. The number of nitrogens with zero attached hydrogens (tertiary/aromatic N) is 4. The van der Waals surface area contributed by atoms with Gasteiger partial charge in [0, 0.05) is 44.6 Å². The highest BCUT2D eigenvalue weighted by atomic mass is 16.2. The first-order valence-corrected chi connectivity index (χ1v) is 8.83. The van der Waals surface area contributed by atoms with Gasteiger partial charge in [0.2, 0.25) is 12.4 Å². The minimum atomic E-state index is -0.0680. The highest BCUT2D eigenvalue weighted by Crippen LogP contribution is 2.19. The van der Waals surface area contributed by atoms with Crippen molar-refractivity contribution in [3.05, 3.63) is 18.0 Å². The Labute approximate surface area is 142 Å². The van der Waals surface area contributed by atoms with Crippen LogP contribution in [0.25, 0.3) is 0 Å². The van der Waals surface area contributed by atoms with Gasteiger partial charge in [-0.25, -0.2) is 9.97 Å². The lowest BCUT2D eigenvalue weighted by Gasteiger charge is -2.32. The van der Waals surface area contributed by atoms with E-state index in [4.69, 9.17) is 0 Å². The summed E-state index contributed by atoms with van der Waals surface area (Å²) in [5.41, 5.74) is 0.501. The summed E-state index contributed by atoms with van der Waals surface area (Å²) in [4.78, 5) is 35.2. The van der Waals surface area contributed by atoms with E-state index in [2.05, 4.69) is 15.3 Å². The van der Waals surface area contributed by atoms with E-state index >= 15 is 0 Å². The molecule has 1 aliphatic heterocycles. The topological polar surface area (TPSA) is 78.4 Å². The second-order valence-corrected chi connectivity index (χ2v) is 6.56. The third-order valence-corrected chi connectivity index (χ3v) is 4.84. The predicted molar refractivity (Wildman–Crippen MR) is 90.7 cm³/mol. The molecule has 1 N–H and O–H groups in total. The smallest absolute Gasteiger partial charge is 0.257 e. The number of carbonyl (C=O) groups excluding carboxylic acids is 2. The number of anilines is 1. The van der Waals surface area contributed by atoms with Gasteiger partial charge in [-0.1, -0.05) is 25.7 Å². The maximum absolute atomic E-state index is 12.5. The highest BCUT2D eigenvalue weighted by Gasteiger charge is 2.22.